The molecule has 1 aromatic rings. The average Bonchev–Trinajstić information content (AvgIpc) is 2.87. The smallest absolute Gasteiger partial charge is 0.224 e. The highest BCUT2D eigenvalue weighted by atomic mass is 16.2. The van der Waals surface area contributed by atoms with E-state index in [1.807, 2.05) is 20.2 Å². The minimum atomic E-state index is 0.0294. The van der Waals surface area contributed by atoms with Crippen molar-refractivity contribution >= 4 is 5.91 Å². The van der Waals surface area contributed by atoms with E-state index in [4.69, 9.17) is 0 Å². The van der Waals surface area contributed by atoms with Crippen LogP contribution in [-0.2, 0) is 11.8 Å². The van der Waals surface area contributed by atoms with Crippen LogP contribution in [0.15, 0.2) is 12.4 Å². The van der Waals surface area contributed by atoms with Gasteiger partial charge in [-0.25, -0.2) is 0 Å². The molecule has 0 saturated carbocycles. The monoisotopic (exact) mass is 222 g/mol. The molecule has 16 heavy (non-hydrogen) atoms. The molecule has 5 heteroatoms. The summed E-state index contributed by atoms with van der Waals surface area (Å²) >= 11 is 0. The SMILES string of the molecule is CC(NC(=O)C1CCNC1)c1cnn(C)c1. The molecule has 2 N–H and O–H groups in total. The van der Waals surface area contributed by atoms with Crippen LogP contribution >= 0.6 is 0 Å². The molecule has 2 heterocycles. The summed E-state index contributed by atoms with van der Waals surface area (Å²) in [6.45, 7) is 3.72. The van der Waals surface area contributed by atoms with E-state index < -0.39 is 0 Å². The Hall–Kier alpha value is -1.36. The second kappa shape index (κ2) is 4.65. The molecule has 0 bridgehead atoms. The molecule has 0 aliphatic carbocycles. The van der Waals surface area contributed by atoms with E-state index in [9.17, 15) is 4.79 Å². The fraction of sp³-hybridized carbons (Fsp3) is 0.636. The quantitative estimate of drug-likeness (QED) is 0.768. The van der Waals surface area contributed by atoms with Crippen molar-refractivity contribution in [2.45, 2.75) is 19.4 Å². The highest BCUT2D eigenvalue weighted by Crippen LogP contribution is 2.13. The first-order valence-corrected chi connectivity index (χ1v) is 5.66. The van der Waals surface area contributed by atoms with Gasteiger partial charge >= 0.3 is 0 Å². The molecule has 2 rings (SSSR count). The number of hydrogen-bond acceptors (Lipinski definition) is 3. The summed E-state index contributed by atoms with van der Waals surface area (Å²) in [6, 6.07) is 0.0294. The minimum Gasteiger partial charge on any atom is -0.349 e. The van der Waals surface area contributed by atoms with Crippen molar-refractivity contribution in [2.24, 2.45) is 13.0 Å². The van der Waals surface area contributed by atoms with Crippen LogP contribution in [0.2, 0.25) is 0 Å². The van der Waals surface area contributed by atoms with Crippen molar-refractivity contribution in [3.05, 3.63) is 18.0 Å². The molecule has 2 atom stereocenters. The lowest BCUT2D eigenvalue weighted by Gasteiger charge is -2.15. The summed E-state index contributed by atoms with van der Waals surface area (Å²) in [5.41, 5.74) is 1.04. The molecule has 88 valence electrons. The van der Waals surface area contributed by atoms with E-state index in [2.05, 4.69) is 15.7 Å². The lowest BCUT2D eigenvalue weighted by atomic mass is 10.1. The third kappa shape index (κ3) is 2.41. The minimum absolute atomic E-state index is 0.0294. The van der Waals surface area contributed by atoms with E-state index in [0.717, 1.165) is 25.1 Å². The Morgan fingerprint density at radius 2 is 2.56 bits per heavy atom. The van der Waals surface area contributed by atoms with Crippen molar-refractivity contribution in [1.29, 1.82) is 0 Å². The normalized spacial score (nSPS) is 22.0. The van der Waals surface area contributed by atoms with Gasteiger partial charge in [0.05, 0.1) is 18.2 Å². The molecule has 1 fully saturated rings. The van der Waals surface area contributed by atoms with Gasteiger partial charge < -0.3 is 10.6 Å². The Bertz CT molecular complexity index is 368. The predicted octanol–water partition coefficient (Wildman–Crippen LogP) is 0.207. The van der Waals surface area contributed by atoms with Crippen molar-refractivity contribution in [3.8, 4) is 0 Å². The lowest BCUT2D eigenvalue weighted by molar-refractivity contribution is -0.125. The van der Waals surface area contributed by atoms with Crippen LogP contribution in [0.5, 0.6) is 0 Å². The van der Waals surface area contributed by atoms with E-state index in [1.54, 1.807) is 10.9 Å². The number of carbonyl (C=O) groups is 1. The number of hydrogen-bond donors (Lipinski definition) is 2. The Balaban J connectivity index is 1.91. The number of carbonyl (C=O) groups excluding carboxylic acids is 1. The fourth-order valence-electron chi connectivity index (χ4n) is 1.96. The highest BCUT2D eigenvalue weighted by Gasteiger charge is 2.23. The molecule has 0 radical (unpaired) electrons. The average molecular weight is 222 g/mol. The van der Waals surface area contributed by atoms with Gasteiger partial charge in [0.15, 0.2) is 0 Å². The van der Waals surface area contributed by atoms with Gasteiger partial charge in [0.2, 0.25) is 5.91 Å². The molecule has 1 amide bonds. The highest BCUT2D eigenvalue weighted by molar-refractivity contribution is 5.79. The zero-order chi connectivity index (χ0) is 11.5. The van der Waals surface area contributed by atoms with Gasteiger partial charge in [-0.2, -0.15) is 5.10 Å². The van der Waals surface area contributed by atoms with Gasteiger partial charge in [-0.3, -0.25) is 9.48 Å². The van der Waals surface area contributed by atoms with Gasteiger partial charge in [-0.15, -0.1) is 0 Å². The van der Waals surface area contributed by atoms with E-state index in [0.29, 0.717) is 0 Å². The van der Waals surface area contributed by atoms with Crippen molar-refractivity contribution in [1.82, 2.24) is 20.4 Å². The zero-order valence-electron chi connectivity index (χ0n) is 9.73. The Morgan fingerprint density at radius 3 is 3.12 bits per heavy atom. The molecule has 1 aliphatic rings. The number of amides is 1. The van der Waals surface area contributed by atoms with E-state index >= 15 is 0 Å². The van der Waals surface area contributed by atoms with Crippen molar-refractivity contribution < 1.29 is 4.79 Å². The van der Waals surface area contributed by atoms with Gasteiger partial charge in [0.25, 0.3) is 0 Å². The first kappa shape index (κ1) is 11.1. The van der Waals surface area contributed by atoms with Crippen molar-refractivity contribution in [3.63, 3.8) is 0 Å². The van der Waals surface area contributed by atoms with Crippen LogP contribution in [0.4, 0.5) is 0 Å². The van der Waals surface area contributed by atoms with Crippen LogP contribution in [0, 0.1) is 5.92 Å². The second-order valence-electron chi connectivity index (χ2n) is 4.37. The second-order valence-corrected chi connectivity index (χ2v) is 4.37. The summed E-state index contributed by atoms with van der Waals surface area (Å²) in [4.78, 5) is 11.9. The Labute approximate surface area is 95.2 Å². The van der Waals surface area contributed by atoms with Crippen LogP contribution < -0.4 is 10.6 Å². The standard InChI is InChI=1S/C11H18N4O/c1-8(10-6-13-15(2)7-10)14-11(16)9-3-4-12-5-9/h6-9,12H,3-5H2,1-2H3,(H,14,16). The van der Waals surface area contributed by atoms with Gasteiger partial charge in [0, 0.05) is 25.4 Å². The number of nitrogens with zero attached hydrogens (tertiary/aromatic N) is 2. The lowest BCUT2D eigenvalue weighted by Crippen LogP contribution is -2.33. The molecule has 1 saturated heterocycles. The molecule has 2 unspecified atom stereocenters. The van der Waals surface area contributed by atoms with Crippen LogP contribution in [0.3, 0.4) is 0 Å². The maximum absolute atomic E-state index is 11.9. The van der Waals surface area contributed by atoms with Gasteiger partial charge in [0.1, 0.15) is 0 Å². The van der Waals surface area contributed by atoms with E-state index in [1.165, 1.54) is 0 Å². The van der Waals surface area contributed by atoms with Crippen molar-refractivity contribution in [2.75, 3.05) is 13.1 Å². The first-order chi connectivity index (χ1) is 7.66. The maximum atomic E-state index is 11.9. The topological polar surface area (TPSA) is 59.0 Å². The maximum Gasteiger partial charge on any atom is 0.224 e. The molecule has 1 aromatic heterocycles. The summed E-state index contributed by atoms with van der Waals surface area (Å²) < 4.78 is 1.75. The molecule has 5 nitrogen and oxygen atoms in total. The Morgan fingerprint density at radius 1 is 1.75 bits per heavy atom. The number of rotatable bonds is 3. The molecular weight excluding hydrogens is 204 g/mol. The van der Waals surface area contributed by atoms with Crippen LogP contribution in [0.25, 0.3) is 0 Å². The largest absolute Gasteiger partial charge is 0.349 e. The zero-order valence-corrected chi connectivity index (χ0v) is 9.73. The summed E-state index contributed by atoms with van der Waals surface area (Å²) in [7, 11) is 1.87. The molecular formula is C11H18N4O. The summed E-state index contributed by atoms with van der Waals surface area (Å²) in [5, 5.41) is 10.3. The molecule has 1 aliphatic heterocycles. The summed E-state index contributed by atoms with van der Waals surface area (Å²) in [5.74, 6) is 0.264. The molecule has 0 spiro atoms. The Kier molecular flexibility index (Phi) is 3.24. The van der Waals surface area contributed by atoms with Crippen LogP contribution in [0.1, 0.15) is 24.9 Å². The summed E-state index contributed by atoms with van der Waals surface area (Å²) in [6.07, 6.45) is 4.65. The van der Waals surface area contributed by atoms with Gasteiger partial charge in [-0.1, -0.05) is 0 Å². The predicted molar refractivity (Wildman–Crippen MR) is 60.7 cm³/mol. The number of aryl methyl sites for hydroxylation is 1. The fourth-order valence-corrected chi connectivity index (χ4v) is 1.96. The number of nitrogens with one attached hydrogen (secondary N) is 2. The third-order valence-electron chi connectivity index (χ3n) is 3.01. The van der Waals surface area contributed by atoms with Gasteiger partial charge in [-0.05, 0) is 19.9 Å². The molecule has 0 aromatic carbocycles. The van der Waals surface area contributed by atoms with E-state index in [-0.39, 0.29) is 17.9 Å². The van der Waals surface area contributed by atoms with Crippen LogP contribution in [-0.4, -0.2) is 28.8 Å². The first-order valence-electron chi connectivity index (χ1n) is 5.66. The number of aromatic nitrogens is 2. The third-order valence-corrected chi connectivity index (χ3v) is 3.01.